The highest BCUT2D eigenvalue weighted by Gasteiger charge is 2.11. The molecule has 1 aromatic rings. The number of aliphatic carboxylic acids is 1. The first kappa shape index (κ1) is 11.5. The third-order valence-corrected chi connectivity index (χ3v) is 2.61. The molecule has 0 aliphatic rings. The van der Waals surface area contributed by atoms with Crippen LogP contribution in [0.1, 0.15) is 24.8 Å². The molecule has 0 radical (unpaired) electrons. The van der Waals surface area contributed by atoms with Gasteiger partial charge in [0, 0.05) is 9.50 Å². The second kappa shape index (κ2) is 4.80. The SMILES string of the molecule is CC(CC(=O)O)c1cc(Cl)cc(Br)c1. The van der Waals surface area contributed by atoms with Crippen molar-refractivity contribution in [3.63, 3.8) is 0 Å². The van der Waals surface area contributed by atoms with Gasteiger partial charge >= 0.3 is 5.97 Å². The summed E-state index contributed by atoms with van der Waals surface area (Å²) in [6.45, 7) is 1.87. The number of hydrogen-bond donors (Lipinski definition) is 1. The molecule has 4 heteroatoms. The Kier molecular flexibility index (Phi) is 3.96. The molecule has 14 heavy (non-hydrogen) atoms. The molecule has 0 spiro atoms. The zero-order valence-corrected chi connectivity index (χ0v) is 9.97. The topological polar surface area (TPSA) is 37.3 Å². The summed E-state index contributed by atoms with van der Waals surface area (Å²) in [5, 5.41) is 9.26. The van der Waals surface area contributed by atoms with E-state index in [1.165, 1.54) is 0 Å². The molecule has 0 aliphatic carbocycles. The lowest BCUT2D eigenvalue weighted by molar-refractivity contribution is -0.137. The zero-order valence-electron chi connectivity index (χ0n) is 7.63. The molecule has 1 atom stereocenters. The van der Waals surface area contributed by atoms with Gasteiger partial charge in [-0.3, -0.25) is 4.79 Å². The number of halogens is 2. The van der Waals surface area contributed by atoms with Gasteiger partial charge < -0.3 is 5.11 Å². The number of carboxylic acids is 1. The molecule has 1 rings (SSSR count). The van der Waals surface area contributed by atoms with Gasteiger partial charge in [-0.25, -0.2) is 0 Å². The molecule has 0 aliphatic heterocycles. The van der Waals surface area contributed by atoms with E-state index in [0.29, 0.717) is 5.02 Å². The van der Waals surface area contributed by atoms with Gasteiger partial charge in [0.25, 0.3) is 0 Å². The van der Waals surface area contributed by atoms with Crippen LogP contribution >= 0.6 is 27.5 Å². The van der Waals surface area contributed by atoms with Gasteiger partial charge in [-0.15, -0.1) is 0 Å². The smallest absolute Gasteiger partial charge is 0.303 e. The minimum atomic E-state index is -0.798. The number of carbonyl (C=O) groups is 1. The maximum atomic E-state index is 10.5. The lowest BCUT2D eigenvalue weighted by Gasteiger charge is -2.09. The molecule has 0 fully saturated rings. The van der Waals surface area contributed by atoms with Crippen molar-refractivity contribution in [3.05, 3.63) is 33.3 Å². The average molecular weight is 278 g/mol. The maximum absolute atomic E-state index is 10.5. The Morgan fingerprint density at radius 1 is 1.57 bits per heavy atom. The number of hydrogen-bond acceptors (Lipinski definition) is 1. The van der Waals surface area contributed by atoms with Gasteiger partial charge in [-0.2, -0.15) is 0 Å². The van der Waals surface area contributed by atoms with Crippen LogP contribution in [0, 0.1) is 0 Å². The summed E-state index contributed by atoms with van der Waals surface area (Å²) in [5.74, 6) is -0.823. The van der Waals surface area contributed by atoms with Gasteiger partial charge in [-0.05, 0) is 29.7 Å². The number of rotatable bonds is 3. The quantitative estimate of drug-likeness (QED) is 0.915. The van der Waals surface area contributed by atoms with Gasteiger partial charge in [0.2, 0.25) is 0 Å². The first-order valence-corrected chi connectivity index (χ1v) is 5.34. The van der Waals surface area contributed by atoms with E-state index in [1.54, 1.807) is 12.1 Å². The van der Waals surface area contributed by atoms with Crippen LogP contribution in [0.15, 0.2) is 22.7 Å². The first-order chi connectivity index (χ1) is 6.49. The van der Waals surface area contributed by atoms with E-state index in [1.807, 2.05) is 13.0 Å². The standard InChI is InChI=1S/C10H10BrClO2/c1-6(2-10(13)14)7-3-8(11)5-9(12)4-7/h3-6H,2H2,1H3,(H,13,14). The molecular weight excluding hydrogens is 267 g/mol. The second-order valence-corrected chi connectivity index (χ2v) is 4.55. The molecule has 0 amide bonds. The van der Waals surface area contributed by atoms with Crippen LogP contribution < -0.4 is 0 Å². The Labute approximate surface area is 96.0 Å². The molecule has 0 saturated carbocycles. The molecule has 2 nitrogen and oxygen atoms in total. The van der Waals surface area contributed by atoms with Crippen molar-refractivity contribution < 1.29 is 9.90 Å². The van der Waals surface area contributed by atoms with E-state index < -0.39 is 5.97 Å². The van der Waals surface area contributed by atoms with Gasteiger partial charge in [0.15, 0.2) is 0 Å². The Morgan fingerprint density at radius 2 is 2.21 bits per heavy atom. The minimum Gasteiger partial charge on any atom is -0.481 e. The normalized spacial score (nSPS) is 12.5. The van der Waals surface area contributed by atoms with E-state index in [9.17, 15) is 4.79 Å². The average Bonchev–Trinajstić information content (AvgIpc) is 2.00. The van der Waals surface area contributed by atoms with E-state index in [-0.39, 0.29) is 12.3 Å². The number of carboxylic acid groups (broad SMARTS) is 1. The largest absolute Gasteiger partial charge is 0.481 e. The van der Waals surface area contributed by atoms with Crippen LogP contribution in [0.3, 0.4) is 0 Å². The summed E-state index contributed by atoms with van der Waals surface area (Å²) in [5.41, 5.74) is 0.937. The number of benzene rings is 1. The Hall–Kier alpha value is -0.540. The van der Waals surface area contributed by atoms with Crippen LogP contribution in [-0.2, 0) is 4.79 Å². The van der Waals surface area contributed by atoms with Gasteiger partial charge in [0.05, 0.1) is 6.42 Å². The fourth-order valence-electron chi connectivity index (χ4n) is 1.24. The highest BCUT2D eigenvalue weighted by Crippen LogP contribution is 2.26. The molecule has 1 unspecified atom stereocenters. The van der Waals surface area contributed by atoms with Crippen LogP contribution in [-0.4, -0.2) is 11.1 Å². The van der Waals surface area contributed by atoms with Gasteiger partial charge in [-0.1, -0.05) is 34.5 Å². The summed E-state index contributed by atoms with van der Waals surface area (Å²) in [6, 6.07) is 5.46. The van der Waals surface area contributed by atoms with Crippen molar-refractivity contribution in [3.8, 4) is 0 Å². The fraction of sp³-hybridized carbons (Fsp3) is 0.300. The third kappa shape index (κ3) is 3.31. The maximum Gasteiger partial charge on any atom is 0.303 e. The minimum absolute atomic E-state index is 0.0255. The van der Waals surface area contributed by atoms with E-state index >= 15 is 0 Å². The second-order valence-electron chi connectivity index (χ2n) is 3.20. The Balaban J connectivity index is 2.89. The van der Waals surface area contributed by atoms with E-state index in [4.69, 9.17) is 16.7 Å². The predicted octanol–water partition coefficient (Wildman–Crippen LogP) is 3.68. The summed E-state index contributed by atoms with van der Waals surface area (Å²) in [4.78, 5) is 10.5. The fourth-order valence-corrected chi connectivity index (χ4v) is 2.13. The molecule has 76 valence electrons. The van der Waals surface area contributed by atoms with Crippen LogP contribution in [0.25, 0.3) is 0 Å². The predicted molar refractivity (Wildman–Crippen MR) is 59.8 cm³/mol. The molecular formula is C10H10BrClO2. The van der Waals surface area contributed by atoms with Crippen LogP contribution in [0.2, 0.25) is 5.02 Å². The Morgan fingerprint density at radius 3 is 2.71 bits per heavy atom. The van der Waals surface area contributed by atoms with E-state index in [0.717, 1.165) is 10.0 Å². The summed E-state index contributed by atoms with van der Waals surface area (Å²) in [6.07, 6.45) is 0.118. The van der Waals surface area contributed by atoms with Crippen molar-refractivity contribution in [2.45, 2.75) is 19.3 Å². The molecule has 0 saturated heterocycles. The highest BCUT2D eigenvalue weighted by molar-refractivity contribution is 9.10. The molecule has 1 N–H and O–H groups in total. The lowest BCUT2D eigenvalue weighted by Crippen LogP contribution is -2.02. The van der Waals surface area contributed by atoms with Crippen molar-refractivity contribution in [1.82, 2.24) is 0 Å². The molecule has 0 heterocycles. The zero-order chi connectivity index (χ0) is 10.7. The monoisotopic (exact) mass is 276 g/mol. The van der Waals surface area contributed by atoms with E-state index in [2.05, 4.69) is 15.9 Å². The van der Waals surface area contributed by atoms with Crippen molar-refractivity contribution in [2.75, 3.05) is 0 Å². The Bertz CT molecular complexity index is 332. The summed E-state index contributed by atoms with van der Waals surface area (Å²) < 4.78 is 0.872. The lowest BCUT2D eigenvalue weighted by atomic mass is 9.98. The first-order valence-electron chi connectivity index (χ1n) is 4.17. The summed E-state index contributed by atoms with van der Waals surface area (Å²) >= 11 is 9.17. The van der Waals surface area contributed by atoms with Crippen molar-refractivity contribution in [1.29, 1.82) is 0 Å². The van der Waals surface area contributed by atoms with Gasteiger partial charge in [0.1, 0.15) is 0 Å². The van der Waals surface area contributed by atoms with Crippen molar-refractivity contribution >= 4 is 33.5 Å². The third-order valence-electron chi connectivity index (χ3n) is 1.93. The highest BCUT2D eigenvalue weighted by atomic mass is 79.9. The van der Waals surface area contributed by atoms with Crippen LogP contribution in [0.4, 0.5) is 0 Å². The van der Waals surface area contributed by atoms with Crippen molar-refractivity contribution in [2.24, 2.45) is 0 Å². The molecule has 0 aromatic heterocycles. The molecule has 1 aromatic carbocycles. The summed E-state index contributed by atoms with van der Waals surface area (Å²) in [7, 11) is 0. The molecule has 0 bridgehead atoms. The van der Waals surface area contributed by atoms with Crippen LogP contribution in [0.5, 0.6) is 0 Å².